The molecular formula is C33H26ClN3OS. The van der Waals surface area contributed by atoms with E-state index in [1.807, 2.05) is 53.1 Å². The van der Waals surface area contributed by atoms with E-state index >= 15 is 0 Å². The third-order valence-corrected chi connectivity index (χ3v) is 9.06. The Morgan fingerprint density at radius 3 is 2.49 bits per heavy atom. The van der Waals surface area contributed by atoms with Gasteiger partial charge in [-0.3, -0.25) is 9.36 Å². The van der Waals surface area contributed by atoms with Crippen LogP contribution in [-0.2, 0) is 6.42 Å². The van der Waals surface area contributed by atoms with E-state index in [2.05, 4.69) is 60.9 Å². The molecule has 0 spiro atoms. The molecule has 0 saturated carbocycles. The molecule has 1 aliphatic heterocycles. The van der Waals surface area contributed by atoms with Crippen LogP contribution in [0.25, 0.3) is 17.5 Å². The van der Waals surface area contributed by atoms with E-state index in [1.54, 1.807) is 0 Å². The zero-order valence-electron chi connectivity index (χ0n) is 21.7. The highest BCUT2D eigenvalue weighted by Crippen LogP contribution is 2.41. The Morgan fingerprint density at radius 1 is 0.949 bits per heavy atom. The summed E-state index contributed by atoms with van der Waals surface area (Å²) in [6, 6.07) is 28.7. The van der Waals surface area contributed by atoms with E-state index < -0.39 is 0 Å². The van der Waals surface area contributed by atoms with Crippen molar-refractivity contribution in [2.45, 2.75) is 32.7 Å². The average Bonchev–Trinajstić information content (AvgIpc) is 3.42. The number of rotatable bonds is 3. The van der Waals surface area contributed by atoms with Crippen molar-refractivity contribution >= 4 is 34.7 Å². The summed E-state index contributed by atoms with van der Waals surface area (Å²) < 4.78 is 4.80. The van der Waals surface area contributed by atoms with Gasteiger partial charge < -0.3 is 4.57 Å². The minimum Gasteiger partial charge on any atom is -0.318 e. The van der Waals surface area contributed by atoms with Crippen molar-refractivity contribution in [1.29, 1.82) is 0 Å². The maximum atomic E-state index is 14.1. The van der Waals surface area contributed by atoms with Gasteiger partial charge in [0.1, 0.15) is 0 Å². The van der Waals surface area contributed by atoms with Crippen LogP contribution >= 0.6 is 22.9 Å². The number of nitrogens with zero attached hydrogens (tertiary/aromatic N) is 3. The lowest BCUT2D eigenvalue weighted by Gasteiger charge is -2.30. The first-order chi connectivity index (χ1) is 19.0. The lowest BCUT2D eigenvalue weighted by Crippen LogP contribution is -2.38. The number of halogens is 1. The lowest BCUT2D eigenvalue weighted by atomic mass is 9.83. The average molecular weight is 548 g/mol. The van der Waals surface area contributed by atoms with Crippen LogP contribution in [0.15, 0.2) is 100 Å². The zero-order chi connectivity index (χ0) is 26.7. The Kier molecular flexibility index (Phi) is 5.80. The summed E-state index contributed by atoms with van der Waals surface area (Å²) in [5.41, 5.74) is 10.1. The molecule has 0 radical (unpaired) electrons. The minimum absolute atomic E-state index is 0.00862. The first-order valence-electron chi connectivity index (χ1n) is 13.1. The van der Waals surface area contributed by atoms with Crippen molar-refractivity contribution in [2.24, 2.45) is 4.99 Å². The Bertz CT molecular complexity index is 1960. The van der Waals surface area contributed by atoms with Gasteiger partial charge >= 0.3 is 0 Å². The molecule has 3 heterocycles. The van der Waals surface area contributed by atoms with Crippen LogP contribution in [0.3, 0.4) is 0 Å². The van der Waals surface area contributed by atoms with Gasteiger partial charge in [-0.05, 0) is 85.4 Å². The number of aromatic nitrogens is 2. The second kappa shape index (κ2) is 9.37. The van der Waals surface area contributed by atoms with Gasteiger partial charge in [0.05, 0.1) is 16.3 Å². The molecule has 7 rings (SSSR count). The van der Waals surface area contributed by atoms with E-state index in [-0.39, 0.29) is 11.6 Å². The standard InChI is InChI=1S/C33H26ClN3OS/c1-20-18-24(21(2)36(20)26-15-13-25(34)14-16-26)19-29-32(38)37-31(23-9-4-3-5-10-23)28-17-12-22-8-6-7-11-27(22)30(28)35-33(37)39-29/h3-11,13-16,18-19,31H,12,17H2,1-2H3/b29-19+/t31-/m1/s1. The smallest absolute Gasteiger partial charge is 0.271 e. The molecule has 192 valence electrons. The predicted octanol–water partition coefficient (Wildman–Crippen LogP) is 6.38. The summed E-state index contributed by atoms with van der Waals surface area (Å²) in [5.74, 6) is 0. The summed E-state index contributed by atoms with van der Waals surface area (Å²) >= 11 is 7.60. The molecule has 0 amide bonds. The fourth-order valence-electron chi connectivity index (χ4n) is 6.02. The number of hydrogen-bond acceptors (Lipinski definition) is 3. The van der Waals surface area contributed by atoms with Gasteiger partial charge in [-0.25, -0.2) is 4.99 Å². The highest BCUT2D eigenvalue weighted by molar-refractivity contribution is 7.07. The van der Waals surface area contributed by atoms with Crippen LogP contribution in [0, 0.1) is 13.8 Å². The molecule has 2 aliphatic rings. The first kappa shape index (κ1) is 24.1. The predicted molar refractivity (Wildman–Crippen MR) is 159 cm³/mol. The SMILES string of the molecule is Cc1cc(/C=c2/sc3n(c2=O)[C@H](c2ccccc2)C2=C(N=3)c3ccccc3CC2)c(C)n1-c1ccc(Cl)cc1. The van der Waals surface area contributed by atoms with E-state index in [0.29, 0.717) is 9.55 Å². The molecule has 4 nitrogen and oxygen atoms in total. The number of thiazole rings is 1. The molecule has 2 aromatic heterocycles. The highest BCUT2D eigenvalue weighted by Gasteiger charge is 2.32. The monoisotopic (exact) mass is 547 g/mol. The largest absolute Gasteiger partial charge is 0.318 e. The van der Waals surface area contributed by atoms with Crippen LogP contribution in [0.5, 0.6) is 0 Å². The van der Waals surface area contributed by atoms with Crippen molar-refractivity contribution in [3.63, 3.8) is 0 Å². The zero-order valence-corrected chi connectivity index (χ0v) is 23.3. The van der Waals surface area contributed by atoms with Crippen LogP contribution in [-0.4, -0.2) is 9.13 Å². The van der Waals surface area contributed by atoms with Gasteiger partial charge in [0.25, 0.3) is 5.56 Å². The fraction of sp³-hybridized carbons (Fsp3) is 0.152. The summed E-state index contributed by atoms with van der Waals surface area (Å²) in [5, 5.41) is 0.709. The van der Waals surface area contributed by atoms with Crippen molar-refractivity contribution in [3.8, 4) is 5.69 Å². The second-order valence-electron chi connectivity index (χ2n) is 10.2. The molecule has 0 saturated heterocycles. The fourth-order valence-corrected chi connectivity index (χ4v) is 7.14. The quantitative estimate of drug-likeness (QED) is 0.258. The molecular weight excluding hydrogens is 522 g/mol. The molecule has 5 aromatic rings. The Hall–Kier alpha value is -3.93. The van der Waals surface area contributed by atoms with Gasteiger partial charge in [0.15, 0.2) is 4.80 Å². The normalized spacial score (nSPS) is 16.5. The molecule has 0 N–H and O–H groups in total. The van der Waals surface area contributed by atoms with Gasteiger partial charge in [-0.1, -0.05) is 77.5 Å². The van der Waals surface area contributed by atoms with E-state index in [9.17, 15) is 4.79 Å². The van der Waals surface area contributed by atoms with Crippen LogP contribution in [0.1, 0.15) is 46.1 Å². The summed E-state index contributed by atoms with van der Waals surface area (Å²) in [6.07, 6.45) is 3.87. The first-order valence-corrected chi connectivity index (χ1v) is 14.3. The Balaban J connectivity index is 1.43. The molecule has 0 fully saturated rings. The summed E-state index contributed by atoms with van der Waals surface area (Å²) in [7, 11) is 0. The third-order valence-electron chi connectivity index (χ3n) is 7.83. The van der Waals surface area contributed by atoms with Crippen molar-refractivity contribution in [2.75, 3.05) is 0 Å². The lowest BCUT2D eigenvalue weighted by molar-refractivity contribution is 0.585. The molecule has 6 heteroatoms. The highest BCUT2D eigenvalue weighted by atomic mass is 35.5. The number of hydrogen-bond donors (Lipinski definition) is 0. The van der Waals surface area contributed by atoms with Gasteiger partial charge in [0, 0.05) is 27.7 Å². The van der Waals surface area contributed by atoms with Gasteiger partial charge in [-0.15, -0.1) is 0 Å². The van der Waals surface area contributed by atoms with Crippen molar-refractivity contribution in [1.82, 2.24) is 9.13 Å². The van der Waals surface area contributed by atoms with Gasteiger partial charge in [-0.2, -0.15) is 0 Å². The third kappa shape index (κ3) is 3.96. The molecule has 39 heavy (non-hydrogen) atoms. The Morgan fingerprint density at radius 2 is 1.69 bits per heavy atom. The van der Waals surface area contributed by atoms with Crippen molar-refractivity contribution < 1.29 is 0 Å². The van der Waals surface area contributed by atoms with Crippen LogP contribution in [0.4, 0.5) is 0 Å². The Labute approximate surface area is 235 Å². The number of aryl methyl sites for hydroxylation is 2. The summed E-state index contributed by atoms with van der Waals surface area (Å²) in [4.78, 5) is 20.0. The molecule has 0 unspecified atom stereocenters. The van der Waals surface area contributed by atoms with Gasteiger partial charge in [0.2, 0.25) is 0 Å². The van der Waals surface area contributed by atoms with Crippen molar-refractivity contribution in [3.05, 3.63) is 149 Å². The topological polar surface area (TPSA) is 39.3 Å². The van der Waals surface area contributed by atoms with Crippen LogP contribution in [0.2, 0.25) is 5.02 Å². The molecule has 1 aliphatic carbocycles. The molecule has 3 aromatic carbocycles. The number of fused-ring (bicyclic) bond motifs is 3. The second-order valence-corrected chi connectivity index (χ2v) is 11.6. The van der Waals surface area contributed by atoms with E-state index in [4.69, 9.17) is 16.6 Å². The molecule has 0 bridgehead atoms. The van der Waals surface area contributed by atoms with Crippen LogP contribution < -0.4 is 14.9 Å². The number of benzene rings is 3. The molecule has 1 atom stereocenters. The van der Waals surface area contributed by atoms with E-state index in [1.165, 1.54) is 28.0 Å². The maximum Gasteiger partial charge on any atom is 0.271 e. The minimum atomic E-state index is -0.158. The maximum absolute atomic E-state index is 14.1. The van der Waals surface area contributed by atoms with E-state index in [0.717, 1.165) is 51.5 Å². The summed E-state index contributed by atoms with van der Waals surface area (Å²) in [6.45, 7) is 4.17. The number of allylic oxidation sites excluding steroid dienone is 1.